The zero-order chi connectivity index (χ0) is 15.6. The maximum absolute atomic E-state index is 12.3. The number of carbonyl (C=O) groups is 1. The minimum atomic E-state index is -0.170. The summed E-state index contributed by atoms with van der Waals surface area (Å²) >= 11 is 1.44. The van der Waals surface area contributed by atoms with Crippen molar-refractivity contribution < 1.29 is 9.32 Å². The molecule has 7 heteroatoms. The van der Waals surface area contributed by atoms with Crippen molar-refractivity contribution in [3.05, 3.63) is 65.6 Å². The van der Waals surface area contributed by atoms with Gasteiger partial charge in [-0.15, -0.1) is 11.3 Å². The maximum Gasteiger partial charge on any atom is 0.269 e. The Labute approximate surface area is 135 Å². The van der Waals surface area contributed by atoms with Gasteiger partial charge in [0.05, 0.1) is 12.2 Å². The van der Waals surface area contributed by atoms with E-state index >= 15 is 0 Å². The second-order valence-corrected chi connectivity index (χ2v) is 5.78. The molecule has 0 saturated heterocycles. The fraction of sp³-hybridized carbons (Fsp3) is 0.0625. The van der Waals surface area contributed by atoms with Crippen molar-refractivity contribution in [1.29, 1.82) is 0 Å². The van der Waals surface area contributed by atoms with Crippen LogP contribution in [-0.2, 0) is 6.54 Å². The Bertz CT molecular complexity index is 941. The van der Waals surface area contributed by atoms with Crippen LogP contribution < -0.4 is 5.32 Å². The number of amides is 1. The minimum absolute atomic E-state index is 0.170. The number of fused-ring (bicyclic) bond motifs is 1. The summed E-state index contributed by atoms with van der Waals surface area (Å²) in [5.74, 6) is -0.170. The highest BCUT2D eigenvalue weighted by atomic mass is 32.1. The number of aromatic nitrogens is 3. The highest BCUT2D eigenvalue weighted by molar-refractivity contribution is 7.15. The fourth-order valence-electron chi connectivity index (χ4n) is 2.29. The van der Waals surface area contributed by atoms with Crippen molar-refractivity contribution in [3.8, 4) is 11.3 Å². The zero-order valence-electron chi connectivity index (χ0n) is 12.0. The van der Waals surface area contributed by atoms with Gasteiger partial charge in [0.1, 0.15) is 17.7 Å². The van der Waals surface area contributed by atoms with Crippen molar-refractivity contribution in [2.45, 2.75) is 6.54 Å². The number of hydrogen-bond acceptors (Lipinski definition) is 5. The molecule has 0 saturated carbocycles. The summed E-state index contributed by atoms with van der Waals surface area (Å²) < 4.78 is 6.56. The van der Waals surface area contributed by atoms with Crippen LogP contribution in [0.2, 0.25) is 0 Å². The molecule has 0 bridgehead atoms. The van der Waals surface area contributed by atoms with Crippen LogP contribution in [0.5, 0.6) is 0 Å². The largest absolute Gasteiger partial charge is 0.364 e. The lowest BCUT2D eigenvalue weighted by molar-refractivity contribution is 0.0944. The van der Waals surface area contributed by atoms with Gasteiger partial charge < -0.3 is 9.84 Å². The van der Waals surface area contributed by atoms with Gasteiger partial charge in [-0.05, 0) is 0 Å². The van der Waals surface area contributed by atoms with Crippen molar-refractivity contribution in [2.24, 2.45) is 0 Å². The smallest absolute Gasteiger partial charge is 0.269 e. The molecule has 0 fully saturated rings. The Hall–Kier alpha value is -2.93. The molecule has 3 aromatic heterocycles. The van der Waals surface area contributed by atoms with E-state index in [0.717, 1.165) is 16.2 Å². The topological polar surface area (TPSA) is 72.4 Å². The van der Waals surface area contributed by atoms with E-state index in [1.807, 2.05) is 40.9 Å². The van der Waals surface area contributed by atoms with Crippen molar-refractivity contribution >= 4 is 22.2 Å². The van der Waals surface area contributed by atoms with Crippen LogP contribution in [0.4, 0.5) is 0 Å². The molecule has 23 heavy (non-hydrogen) atoms. The standard InChI is InChI=1S/C16H12N4O2S/c21-15(17-8-12-6-7-22-19-12)14-10-23-16-18-13(9-20(14)16)11-4-2-1-3-5-11/h1-7,9-10H,8H2,(H,17,21). The first kappa shape index (κ1) is 13.7. The van der Waals surface area contributed by atoms with E-state index in [-0.39, 0.29) is 5.91 Å². The third-order valence-corrected chi connectivity index (χ3v) is 4.27. The molecule has 6 nitrogen and oxygen atoms in total. The number of imidazole rings is 1. The molecular formula is C16H12N4O2S. The van der Waals surface area contributed by atoms with Gasteiger partial charge in [0, 0.05) is 23.2 Å². The van der Waals surface area contributed by atoms with E-state index in [2.05, 4.69) is 15.5 Å². The average molecular weight is 324 g/mol. The molecule has 0 aliphatic carbocycles. The van der Waals surface area contributed by atoms with E-state index in [4.69, 9.17) is 4.52 Å². The normalized spacial score (nSPS) is 11.0. The molecule has 0 aliphatic rings. The predicted molar refractivity (Wildman–Crippen MR) is 86.2 cm³/mol. The predicted octanol–water partition coefficient (Wildman–Crippen LogP) is 2.98. The lowest BCUT2D eigenvalue weighted by Gasteiger charge is -2.01. The first-order valence-electron chi connectivity index (χ1n) is 7.01. The van der Waals surface area contributed by atoms with Gasteiger partial charge in [-0.3, -0.25) is 9.20 Å². The van der Waals surface area contributed by atoms with Gasteiger partial charge in [-0.1, -0.05) is 35.5 Å². The van der Waals surface area contributed by atoms with Gasteiger partial charge >= 0.3 is 0 Å². The van der Waals surface area contributed by atoms with Crippen LogP contribution in [0.3, 0.4) is 0 Å². The zero-order valence-corrected chi connectivity index (χ0v) is 12.8. The fourth-order valence-corrected chi connectivity index (χ4v) is 3.14. The Morgan fingerprint density at radius 3 is 2.91 bits per heavy atom. The minimum Gasteiger partial charge on any atom is -0.364 e. The third-order valence-electron chi connectivity index (χ3n) is 3.43. The Morgan fingerprint density at radius 2 is 2.13 bits per heavy atom. The van der Waals surface area contributed by atoms with Crippen LogP contribution in [-0.4, -0.2) is 20.4 Å². The number of hydrogen-bond donors (Lipinski definition) is 1. The van der Waals surface area contributed by atoms with Crippen molar-refractivity contribution in [2.75, 3.05) is 0 Å². The summed E-state index contributed by atoms with van der Waals surface area (Å²) in [6.07, 6.45) is 3.36. The molecule has 0 unspecified atom stereocenters. The molecule has 3 heterocycles. The van der Waals surface area contributed by atoms with Crippen LogP contribution in [0.1, 0.15) is 16.2 Å². The SMILES string of the molecule is O=C(NCc1ccon1)c1csc2nc(-c3ccccc3)cn12. The molecule has 0 radical (unpaired) electrons. The Morgan fingerprint density at radius 1 is 1.26 bits per heavy atom. The summed E-state index contributed by atoms with van der Waals surface area (Å²) in [5.41, 5.74) is 3.11. The molecule has 4 rings (SSSR count). The van der Waals surface area contributed by atoms with Gasteiger partial charge in [0.25, 0.3) is 5.91 Å². The highest BCUT2D eigenvalue weighted by Crippen LogP contribution is 2.23. The molecule has 1 N–H and O–H groups in total. The molecular weight excluding hydrogens is 312 g/mol. The van der Waals surface area contributed by atoms with Gasteiger partial charge in [0.15, 0.2) is 4.96 Å². The molecule has 4 aromatic rings. The quantitative estimate of drug-likeness (QED) is 0.626. The van der Waals surface area contributed by atoms with Crippen LogP contribution in [0.15, 0.2) is 58.8 Å². The Kier molecular flexibility index (Phi) is 3.39. The number of nitrogens with zero attached hydrogens (tertiary/aromatic N) is 3. The first-order valence-corrected chi connectivity index (χ1v) is 7.89. The number of thiazole rings is 1. The van der Waals surface area contributed by atoms with Crippen molar-refractivity contribution in [1.82, 2.24) is 19.9 Å². The van der Waals surface area contributed by atoms with Gasteiger partial charge in [-0.2, -0.15) is 0 Å². The highest BCUT2D eigenvalue weighted by Gasteiger charge is 2.15. The van der Waals surface area contributed by atoms with Crippen LogP contribution >= 0.6 is 11.3 Å². The molecule has 1 amide bonds. The van der Waals surface area contributed by atoms with Gasteiger partial charge in [-0.25, -0.2) is 4.98 Å². The van der Waals surface area contributed by atoms with Crippen molar-refractivity contribution in [3.63, 3.8) is 0 Å². The monoisotopic (exact) mass is 324 g/mol. The molecule has 0 spiro atoms. The number of nitrogens with one attached hydrogen (secondary N) is 1. The summed E-state index contributed by atoms with van der Waals surface area (Å²) in [4.78, 5) is 17.7. The Balaban J connectivity index is 1.60. The second-order valence-electron chi connectivity index (χ2n) is 4.94. The first-order chi connectivity index (χ1) is 11.3. The lowest BCUT2D eigenvalue weighted by Crippen LogP contribution is -2.24. The van der Waals surface area contributed by atoms with E-state index < -0.39 is 0 Å². The molecule has 1 aromatic carbocycles. The van der Waals surface area contributed by atoms with E-state index in [0.29, 0.717) is 17.9 Å². The van der Waals surface area contributed by atoms with Crippen LogP contribution in [0, 0.1) is 0 Å². The second kappa shape index (κ2) is 5.69. The van der Waals surface area contributed by atoms with E-state index in [1.165, 1.54) is 17.6 Å². The van der Waals surface area contributed by atoms with E-state index in [1.54, 1.807) is 11.4 Å². The number of benzene rings is 1. The third kappa shape index (κ3) is 2.62. The molecule has 0 aliphatic heterocycles. The lowest BCUT2D eigenvalue weighted by atomic mass is 10.2. The van der Waals surface area contributed by atoms with E-state index in [9.17, 15) is 4.79 Å². The maximum atomic E-state index is 12.3. The molecule has 114 valence electrons. The summed E-state index contributed by atoms with van der Waals surface area (Å²) in [7, 11) is 0. The summed E-state index contributed by atoms with van der Waals surface area (Å²) in [6, 6.07) is 11.6. The van der Waals surface area contributed by atoms with Crippen LogP contribution in [0.25, 0.3) is 16.2 Å². The summed E-state index contributed by atoms with van der Waals surface area (Å²) in [5, 5.41) is 8.40. The number of carbonyl (C=O) groups excluding carboxylic acids is 1. The summed E-state index contributed by atoms with van der Waals surface area (Å²) in [6.45, 7) is 0.326. The average Bonchev–Trinajstić information content (AvgIpc) is 3.30. The molecule has 0 atom stereocenters. The van der Waals surface area contributed by atoms with Gasteiger partial charge in [0.2, 0.25) is 0 Å². The number of rotatable bonds is 4.